The molecule has 24 heavy (non-hydrogen) atoms. The predicted molar refractivity (Wildman–Crippen MR) is 86.7 cm³/mol. The van der Waals surface area contributed by atoms with Gasteiger partial charge in [-0.1, -0.05) is 6.07 Å². The van der Waals surface area contributed by atoms with Crippen LogP contribution in [0.3, 0.4) is 0 Å². The first-order chi connectivity index (χ1) is 11.5. The zero-order chi connectivity index (χ0) is 17.3. The van der Waals surface area contributed by atoms with Crippen molar-refractivity contribution >= 4 is 17.2 Å². The lowest BCUT2D eigenvalue weighted by Gasteiger charge is -2.12. The average Bonchev–Trinajstić information content (AvgIpc) is 2.98. The number of aromatic nitrogens is 3. The van der Waals surface area contributed by atoms with Gasteiger partial charge in [0.25, 0.3) is 11.6 Å². The molecule has 8 heteroatoms. The molecule has 1 unspecified atom stereocenters. The van der Waals surface area contributed by atoms with Crippen molar-refractivity contribution in [2.24, 2.45) is 0 Å². The second-order valence-corrected chi connectivity index (χ2v) is 5.44. The SMILES string of the molecule is Cc1cc(C(=O)NC(C)c2nnc3ccccn23)ccc1[N+](=O)[O-]. The van der Waals surface area contributed by atoms with E-state index in [1.165, 1.54) is 18.2 Å². The number of nitro groups is 1. The van der Waals surface area contributed by atoms with E-state index >= 15 is 0 Å². The molecule has 3 aromatic rings. The summed E-state index contributed by atoms with van der Waals surface area (Å²) >= 11 is 0. The smallest absolute Gasteiger partial charge is 0.272 e. The Morgan fingerprint density at radius 1 is 1.29 bits per heavy atom. The Bertz CT molecular complexity index is 934. The molecule has 8 nitrogen and oxygen atoms in total. The van der Waals surface area contributed by atoms with Crippen molar-refractivity contribution in [1.29, 1.82) is 0 Å². The predicted octanol–water partition coefficient (Wildman–Crippen LogP) is 2.44. The molecule has 0 aliphatic rings. The minimum atomic E-state index is -0.470. The van der Waals surface area contributed by atoms with E-state index < -0.39 is 4.92 Å². The third-order valence-corrected chi connectivity index (χ3v) is 3.73. The Labute approximate surface area is 137 Å². The zero-order valence-electron chi connectivity index (χ0n) is 13.1. The summed E-state index contributed by atoms with van der Waals surface area (Å²) in [6.45, 7) is 3.41. The van der Waals surface area contributed by atoms with Crippen molar-refractivity contribution in [3.8, 4) is 0 Å². The van der Waals surface area contributed by atoms with Crippen LogP contribution in [-0.2, 0) is 0 Å². The van der Waals surface area contributed by atoms with Crippen LogP contribution < -0.4 is 5.32 Å². The van der Waals surface area contributed by atoms with Crippen LogP contribution in [0.5, 0.6) is 0 Å². The molecular weight excluding hydrogens is 310 g/mol. The molecule has 1 N–H and O–H groups in total. The number of pyridine rings is 1. The van der Waals surface area contributed by atoms with Crippen LogP contribution in [0.1, 0.15) is 34.7 Å². The molecule has 0 aliphatic carbocycles. The molecule has 0 radical (unpaired) electrons. The maximum atomic E-state index is 12.4. The first kappa shape index (κ1) is 15.6. The molecular formula is C16H15N5O3. The minimum absolute atomic E-state index is 0.0111. The van der Waals surface area contributed by atoms with Gasteiger partial charge in [0.05, 0.1) is 11.0 Å². The molecule has 1 atom stereocenters. The number of amides is 1. The molecule has 0 fully saturated rings. The molecule has 1 aromatic carbocycles. The first-order valence-corrected chi connectivity index (χ1v) is 7.33. The van der Waals surface area contributed by atoms with Gasteiger partial charge >= 0.3 is 0 Å². The number of nitro benzene ring substituents is 1. The van der Waals surface area contributed by atoms with Crippen molar-refractivity contribution in [1.82, 2.24) is 19.9 Å². The fourth-order valence-corrected chi connectivity index (χ4v) is 2.50. The van der Waals surface area contributed by atoms with E-state index in [1.807, 2.05) is 24.4 Å². The normalized spacial score (nSPS) is 12.1. The maximum Gasteiger partial charge on any atom is 0.272 e. The van der Waals surface area contributed by atoms with Gasteiger partial charge < -0.3 is 5.32 Å². The van der Waals surface area contributed by atoms with Gasteiger partial charge in [-0.3, -0.25) is 19.3 Å². The Morgan fingerprint density at radius 3 is 2.79 bits per heavy atom. The second-order valence-electron chi connectivity index (χ2n) is 5.44. The number of hydrogen-bond acceptors (Lipinski definition) is 5. The summed E-state index contributed by atoms with van der Waals surface area (Å²) in [6, 6.07) is 9.44. The highest BCUT2D eigenvalue weighted by Gasteiger charge is 2.18. The van der Waals surface area contributed by atoms with Crippen LogP contribution in [0.15, 0.2) is 42.6 Å². The quantitative estimate of drug-likeness (QED) is 0.586. The molecule has 0 spiro atoms. The molecule has 0 saturated heterocycles. The molecule has 3 rings (SSSR count). The average molecular weight is 325 g/mol. The molecule has 0 aliphatic heterocycles. The van der Waals surface area contributed by atoms with Crippen LogP contribution in [0, 0.1) is 17.0 Å². The summed E-state index contributed by atoms with van der Waals surface area (Å²) in [7, 11) is 0. The van der Waals surface area contributed by atoms with Crippen molar-refractivity contribution < 1.29 is 9.72 Å². The van der Waals surface area contributed by atoms with Crippen molar-refractivity contribution in [2.75, 3.05) is 0 Å². The fraction of sp³-hybridized carbons (Fsp3) is 0.188. The minimum Gasteiger partial charge on any atom is -0.342 e. The van der Waals surface area contributed by atoms with Crippen LogP contribution in [0.25, 0.3) is 5.65 Å². The van der Waals surface area contributed by atoms with Gasteiger partial charge in [0.15, 0.2) is 11.5 Å². The largest absolute Gasteiger partial charge is 0.342 e. The summed E-state index contributed by atoms with van der Waals surface area (Å²) in [6.07, 6.45) is 1.82. The Kier molecular flexibility index (Phi) is 3.95. The van der Waals surface area contributed by atoms with Gasteiger partial charge in [-0.25, -0.2) is 0 Å². The van der Waals surface area contributed by atoms with Crippen LogP contribution in [-0.4, -0.2) is 25.4 Å². The molecule has 2 heterocycles. The summed E-state index contributed by atoms with van der Waals surface area (Å²) < 4.78 is 1.80. The highest BCUT2D eigenvalue weighted by molar-refractivity contribution is 5.94. The Balaban J connectivity index is 1.81. The lowest BCUT2D eigenvalue weighted by atomic mass is 10.1. The Morgan fingerprint density at radius 2 is 2.08 bits per heavy atom. The molecule has 122 valence electrons. The number of carbonyl (C=O) groups is 1. The highest BCUT2D eigenvalue weighted by atomic mass is 16.6. The Hall–Kier alpha value is -3.29. The van der Waals surface area contributed by atoms with E-state index in [4.69, 9.17) is 0 Å². The van der Waals surface area contributed by atoms with E-state index in [1.54, 1.807) is 18.2 Å². The number of aryl methyl sites for hydroxylation is 1. The van der Waals surface area contributed by atoms with Gasteiger partial charge in [-0.15, -0.1) is 10.2 Å². The van der Waals surface area contributed by atoms with E-state index in [2.05, 4.69) is 15.5 Å². The number of nitrogens with zero attached hydrogens (tertiary/aromatic N) is 4. The van der Waals surface area contributed by atoms with E-state index in [0.717, 1.165) is 0 Å². The number of fused-ring (bicyclic) bond motifs is 1. The molecule has 1 amide bonds. The standard InChI is InChI=1S/C16H15N5O3/c1-10-9-12(6-7-13(10)21(23)24)16(22)17-11(2)15-19-18-14-5-3-4-8-20(14)15/h3-9,11H,1-2H3,(H,17,22). The van der Waals surface area contributed by atoms with Gasteiger partial charge in [0.2, 0.25) is 0 Å². The van der Waals surface area contributed by atoms with E-state index in [-0.39, 0.29) is 17.6 Å². The number of hydrogen-bond donors (Lipinski definition) is 1. The van der Waals surface area contributed by atoms with E-state index in [9.17, 15) is 14.9 Å². The molecule has 0 bridgehead atoms. The highest BCUT2D eigenvalue weighted by Crippen LogP contribution is 2.19. The fourth-order valence-electron chi connectivity index (χ4n) is 2.50. The third-order valence-electron chi connectivity index (χ3n) is 3.73. The van der Waals surface area contributed by atoms with Crippen LogP contribution in [0.2, 0.25) is 0 Å². The number of carbonyl (C=O) groups excluding carboxylic acids is 1. The summed E-state index contributed by atoms with van der Waals surface area (Å²) in [5.41, 5.74) is 1.48. The zero-order valence-corrected chi connectivity index (χ0v) is 13.1. The lowest BCUT2D eigenvalue weighted by Crippen LogP contribution is -2.28. The first-order valence-electron chi connectivity index (χ1n) is 7.33. The summed E-state index contributed by atoms with van der Waals surface area (Å²) in [4.78, 5) is 22.8. The lowest BCUT2D eigenvalue weighted by molar-refractivity contribution is -0.385. The van der Waals surface area contributed by atoms with Gasteiger partial charge in [-0.05, 0) is 38.1 Å². The van der Waals surface area contributed by atoms with Crippen LogP contribution in [0.4, 0.5) is 5.69 Å². The van der Waals surface area contributed by atoms with E-state index in [0.29, 0.717) is 22.6 Å². The van der Waals surface area contributed by atoms with Crippen LogP contribution >= 0.6 is 0 Å². The van der Waals surface area contributed by atoms with Gasteiger partial charge in [-0.2, -0.15) is 0 Å². The summed E-state index contributed by atoms with van der Waals surface area (Å²) in [5, 5.41) is 21.8. The van der Waals surface area contributed by atoms with Crippen molar-refractivity contribution in [3.05, 3.63) is 69.7 Å². The maximum absolute atomic E-state index is 12.4. The monoisotopic (exact) mass is 325 g/mol. The second kappa shape index (κ2) is 6.07. The number of nitrogens with one attached hydrogen (secondary N) is 1. The number of rotatable bonds is 4. The topological polar surface area (TPSA) is 102 Å². The molecule has 2 aromatic heterocycles. The van der Waals surface area contributed by atoms with Gasteiger partial charge in [0.1, 0.15) is 0 Å². The third kappa shape index (κ3) is 2.81. The molecule has 0 saturated carbocycles. The van der Waals surface area contributed by atoms with Gasteiger partial charge in [0, 0.05) is 23.4 Å². The number of benzene rings is 1. The van der Waals surface area contributed by atoms with Crippen molar-refractivity contribution in [2.45, 2.75) is 19.9 Å². The van der Waals surface area contributed by atoms with Crippen molar-refractivity contribution in [3.63, 3.8) is 0 Å². The summed E-state index contributed by atoms with van der Waals surface area (Å²) in [5.74, 6) is 0.283.